The summed E-state index contributed by atoms with van der Waals surface area (Å²) < 4.78 is 0. The number of aromatic carboxylic acids is 1. The van der Waals surface area contributed by atoms with Gasteiger partial charge in [-0.3, -0.25) is 14.4 Å². The predicted molar refractivity (Wildman–Crippen MR) is 185 cm³/mol. The van der Waals surface area contributed by atoms with E-state index >= 15 is 0 Å². The first-order valence-corrected chi connectivity index (χ1v) is 15.6. The summed E-state index contributed by atoms with van der Waals surface area (Å²) in [6.07, 6.45) is 1.59. The fraction of sp³-hybridized carbons (Fsp3) is 0.0270. The van der Waals surface area contributed by atoms with Crippen LogP contribution < -0.4 is 16.0 Å². The van der Waals surface area contributed by atoms with Crippen molar-refractivity contribution in [2.45, 2.75) is 10.1 Å². The molecule has 10 heteroatoms. The fourth-order valence-electron chi connectivity index (χ4n) is 4.49. The summed E-state index contributed by atoms with van der Waals surface area (Å²) >= 11 is 7.52. The Morgan fingerprint density at radius 3 is 2.04 bits per heavy atom. The summed E-state index contributed by atoms with van der Waals surface area (Å²) in [5.41, 5.74) is 2.47. The van der Waals surface area contributed by atoms with Gasteiger partial charge in [0, 0.05) is 16.1 Å². The van der Waals surface area contributed by atoms with E-state index in [1.807, 2.05) is 60.7 Å². The number of carboxylic acids is 1. The van der Waals surface area contributed by atoms with Crippen LogP contribution >= 0.6 is 23.4 Å². The van der Waals surface area contributed by atoms with Crippen LogP contribution in [0.3, 0.4) is 0 Å². The molecule has 0 saturated heterocycles. The summed E-state index contributed by atoms with van der Waals surface area (Å²) in [5.74, 6) is -2.54. The van der Waals surface area contributed by atoms with E-state index in [9.17, 15) is 24.3 Å². The van der Waals surface area contributed by atoms with E-state index in [-0.39, 0.29) is 22.0 Å². The number of thioether (sulfide) groups is 1. The van der Waals surface area contributed by atoms with E-state index < -0.39 is 28.9 Å². The maximum atomic E-state index is 13.6. The molecule has 0 saturated carbocycles. The molecule has 0 aliphatic heterocycles. The predicted octanol–water partition coefficient (Wildman–Crippen LogP) is 7.92. The number of carbonyl (C=O) groups excluding carboxylic acids is 3. The Labute approximate surface area is 280 Å². The first-order chi connectivity index (χ1) is 22.8. The van der Waals surface area contributed by atoms with Crippen molar-refractivity contribution in [3.63, 3.8) is 0 Å². The van der Waals surface area contributed by atoms with Crippen molar-refractivity contribution in [3.8, 4) is 0 Å². The molecule has 0 aromatic heterocycles. The quantitative estimate of drug-likeness (QED) is 0.0842. The van der Waals surface area contributed by atoms with Gasteiger partial charge in [0.1, 0.15) is 10.9 Å². The normalized spacial score (nSPS) is 11.6. The summed E-state index contributed by atoms with van der Waals surface area (Å²) in [5, 5.41) is 17.2. The third-order valence-electron chi connectivity index (χ3n) is 6.80. The van der Waals surface area contributed by atoms with Gasteiger partial charge in [0.15, 0.2) is 0 Å². The highest BCUT2D eigenvalue weighted by Gasteiger charge is 2.24. The molecule has 0 aliphatic carbocycles. The van der Waals surface area contributed by atoms with Crippen molar-refractivity contribution in [2.75, 3.05) is 10.6 Å². The van der Waals surface area contributed by atoms with Crippen LogP contribution in [0.4, 0.5) is 11.4 Å². The Morgan fingerprint density at radius 2 is 1.36 bits per heavy atom. The number of hydrogen-bond acceptors (Lipinski definition) is 5. The lowest BCUT2D eigenvalue weighted by Crippen LogP contribution is -2.30. The van der Waals surface area contributed by atoms with Gasteiger partial charge in [0.05, 0.1) is 16.3 Å². The smallest absolute Gasteiger partial charge is 0.335 e. The van der Waals surface area contributed by atoms with Gasteiger partial charge in [0.2, 0.25) is 5.91 Å². The van der Waals surface area contributed by atoms with Gasteiger partial charge in [-0.05, 0) is 65.7 Å². The summed E-state index contributed by atoms with van der Waals surface area (Å²) in [7, 11) is 0. The Bertz CT molecular complexity index is 1940. The second-order valence-corrected chi connectivity index (χ2v) is 11.8. The van der Waals surface area contributed by atoms with E-state index in [1.54, 1.807) is 60.7 Å². The summed E-state index contributed by atoms with van der Waals surface area (Å²) in [6.45, 7) is 0. The maximum absolute atomic E-state index is 13.6. The highest BCUT2D eigenvalue weighted by atomic mass is 35.5. The third kappa shape index (κ3) is 8.97. The molecule has 8 nitrogen and oxygen atoms in total. The van der Waals surface area contributed by atoms with E-state index in [2.05, 4.69) is 16.0 Å². The minimum atomic E-state index is -1.15. The molecule has 4 N–H and O–H groups in total. The molecule has 234 valence electrons. The molecule has 0 spiro atoms. The van der Waals surface area contributed by atoms with Gasteiger partial charge in [-0.2, -0.15) is 0 Å². The van der Waals surface area contributed by atoms with Crippen molar-refractivity contribution in [3.05, 3.63) is 166 Å². The standard InChI is InChI=1S/C37H28ClN3O5S/c38-30-20-19-27(37(45)46)22-31(30)40-36(44)33(25-13-6-2-7-14-25)47-29-18-10-17-28(23-29)39-35(43)32(21-24-11-4-1-5-12-24)41-34(42)26-15-8-3-9-16-26/h1-23,33H,(H,39,43)(H,40,44)(H,41,42)(H,45,46)/b32-21-. The number of carboxylic acid groups (broad SMARTS) is 1. The first kappa shape index (κ1) is 32.7. The Morgan fingerprint density at radius 1 is 0.702 bits per heavy atom. The Balaban J connectivity index is 1.38. The largest absolute Gasteiger partial charge is 0.478 e. The number of rotatable bonds is 11. The highest BCUT2D eigenvalue weighted by molar-refractivity contribution is 8.00. The van der Waals surface area contributed by atoms with Crippen LogP contribution in [0.25, 0.3) is 6.08 Å². The molecule has 0 radical (unpaired) electrons. The SMILES string of the molecule is O=C(Nc1cccc(SC(C(=O)Nc2cc(C(=O)O)ccc2Cl)c2ccccc2)c1)/C(=C/c1ccccc1)NC(=O)c1ccccc1. The maximum Gasteiger partial charge on any atom is 0.335 e. The third-order valence-corrected chi connectivity index (χ3v) is 8.37. The van der Waals surface area contributed by atoms with Crippen LogP contribution in [0.5, 0.6) is 0 Å². The number of hydrogen-bond donors (Lipinski definition) is 4. The minimum absolute atomic E-state index is 0.0160. The molecule has 5 rings (SSSR count). The van der Waals surface area contributed by atoms with Crippen molar-refractivity contribution < 1.29 is 24.3 Å². The molecule has 3 amide bonds. The molecule has 0 bridgehead atoms. The number of benzene rings is 5. The molecule has 0 aliphatic rings. The van der Waals surface area contributed by atoms with Gasteiger partial charge in [-0.15, -0.1) is 11.8 Å². The lowest BCUT2D eigenvalue weighted by molar-refractivity contribution is -0.116. The summed E-state index contributed by atoms with van der Waals surface area (Å²) in [6, 6.07) is 37.9. The van der Waals surface area contributed by atoms with Crippen molar-refractivity contribution in [1.82, 2.24) is 5.32 Å². The molecule has 5 aromatic carbocycles. The molecule has 1 unspecified atom stereocenters. The molecular weight excluding hydrogens is 634 g/mol. The van der Waals surface area contributed by atoms with Gasteiger partial charge in [-0.25, -0.2) is 4.79 Å². The number of halogens is 1. The van der Waals surface area contributed by atoms with Crippen LogP contribution in [-0.2, 0) is 9.59 Å². The van der Waals surface area contributed by atoms with Crippen molar-refractivity contribution >= 4 is 64.5 Å². The molecule has 1 atom stereocenters. The van der Waals surface area contributed by atoms with Crippen LogP contribution in [0, 0.1) is 0 Å². The average molecular weight is 662 g/mol. The Kier molecular flexibility index (Phi) is 10.9. The number of anilines is 2. The van der Waals surface area contributed by atoms with Gasteiger partial charge >= 0.3 is 5.97 Å². The number of nitrogens with one attached hydrogen (secondary N) is 3. The fourth-order valence-corrected chi connectivity index (χ4v) is 5.74. The number of carbonyl (C=O) groups is 4. The molecular formula is C37H28ClN3O5S. The van der Waals surface area contributed by atoms with Crippen LogP contribution in [0.15, 0.2) is 144 Å². The second kappa shape index (κ2) is 15.6. The van der Waals surface area contributed by atoms with Crippen LogP contribution in [0.1, 0.15) is 37.1 Å². The zero-order valence-electron chi connectivity index (χ0n) is 24.7. The van der Waals surface area contributed by atoms with Crippen LogP contribution in [0.2, 0.25) is 5.02 Å². The van der Waals surface area contributed by atoms with E-state index in [4.69, 9.17) is 11.6 Å². The molecule has 0 fully saturated rings. The van der Waals surface area contributed by atoms with E-state index in [1.165, 1.54) is 30.0 Å². The topological polar surface area (TPSA) is 125 Å². The van der Waals surface area contributed by atoms with Crippen molar-refractivity contribution in [2.24, 2.45) is 0 Å². The molecule has 0 heterocycles. The summed E-state index contributed by atoms with van der Waals surface area (Å²) in [4.78, 5) is 52.3. The first-order valence-electron chi connectivity index (χ1n) is 14.4. The van der Waals surface area contributed by atoms with E-state index in [0.717, 1.165) is 5.56 Å². The lowest BCUT2D eigenvalue weighted by Gasteiger charge is -2.18. The van der Waals surface area contributed by atoms with Gasteiger partial charge in [0.25, 0.3) is 11.8 Å². The van der Waals surface area contributed by atoms with Gasteiger partial charge in [-0.1, -0.05) is 96.5 Å². The van der Waals surface area contributed by atoms with Crippen LogP contribution in [-0.4, -0.2) is 28.8 Å². The van der Waals surface area contributed by atoms with E-state index in [0.29, 0.717) is 21.7 Å². The minimum Gasteiger partial charge on any atom is -0.478 e. The average Bonchev–Trinajstić information content (AvgIpc) is 3.09. The van der Waals surface area contributed by atoms with Crippen molar-refractivity contribution in [1.29, 1.82) is 0 Å². The second-order valence-electron chi connectivity index (χ2n) is 10.2. The number of amides is 3. The van der Waals surface area contributed by atoms with Gasteiger partial charge < -0.3 is 21.1 Å². The lowest BCUT2D eigenvalue weighted by atomic mass is 10.1. The molecule has 5 aromatic rings. The monoisotopic (exact) mass is 661 g/mol. The zero-order chi connectivity index (χ0) is 33.2. The Hall–Kier alpha value is -5.64. The highest BCUT2D eigenvalue weighted by Crippen LogP contribution is 2.38. The zero-order valence-corrected chi connectivity index (χ0v) is 26.3. The molecule has 47 heavy (non-hydrogen) atoms.